The molecule has 2 aromatic heterocycles. The molecule has 1 atom stereocenters. The highest BCUT2D eigenvalue weighted by Crippen LogP contribution is 2.41. The van der Waals surface area contributed by atoms with Crippen LogP contribution in [-0.2, 0) is 4.79 Å². The maximum Gasteiger partial charge on any atom is 0.274 e. The second-order valence-electron chi connectivity index (χ2n) is 6.50. The number of nitrogens with zero attached hydrogens (tertiary/aromatic N) is 6. The van der Waals surface area contributed by atoms with E-state index in [9.17, 15) is 9.59 Å². The Morgan fingerprint density at radius 1 is 1.04 bits per heavy atom. The van der Waals surface area contributed by atoms with Gasteiger partial charge < -0.3 is 9.80 Å². The third-order valence-electron chi connectivity index (χ3n) is 5.02. The predicted octanol–water partition coefficient (Wildman–Crippen LogP) is 0.926. The molecule has 128 valence electrons. The van der Waals surface area contributed by atoms with Crippen LogP contribution in [-0.4, -0.2) is 56.3 Å². The molecule has 2 aliphatic rings. The molecule has 2 fully saturated rings. The number of carbonyl (C=O) groups excluding carboxylic acids is 2. The average molecular weight is 338 g/mol. The van der Waals surface area contributed by atoms with E-state index in [4.69, 9.17) is 0 Å². The van der Waals surface area contributed by atoms with Crippen LogP contribution in [0, 0.1) is 5.41 Å². The van der Waals surface area contributed by atoms with Gasteiger partial charge in [-0.25, -0.2) is 15.0 Å². The van der Waals surface area contributed by atoms with Gasteiger partial charge in [0.15, 0.2) is 0 Å². The number of anilines is 1. The molecule has 0 N–H and O–H groups in total. The third-order valence-corrected chi connectivity index (χ3v) is 5.02. The summed E-state index contributed by atoms with van der Waals surface area (Å²) in [4.78, 5) is 45.3. The van der Waals surface area contributed by atoms with Crippen molar-refractivity contribution in [2.75, 3.05) is 24.5 Å². The number of rotatable bonds is 2. The first-order valence-corrected chi connectivity index (χ1v) is 8.32. The fourth-order valence-electron chi connectivity index (χ4n) is 3.75. The third kappa shape index (κ3) is 2.73. The largest absolute Gasteiger partial charge is 0.336 e. The van der Waals surface area contributed by atoms with E-state index >= 15 is 0 Å². The van der Waals surface area contributed by atoms with Crippen LogP contribution in [0.3, 0.4) is 0 Å². The predicted molar refractivity (Wildman–Crippen MR) is 88.6 cm³/mol. The molecule has 0 unspecified atom stereocenters. The quantitative estimate of drug-likeness (QED) is 0.809. The Labute approximate surface area is 144 Å². The second-order valence-corrected chi connectivity index (χ2v) is 6.50. The summed E-state index contributed by atoms with van der Waals surface area (Å²) in [5, 5.41) is 0. The molecule has 0 radical (unpaired) electrons. The van der Waals surface area contributed by atoms with Gasteiger partial charge in [-0.05, 0) is 19.3 Å². The van der Waals surface area contributed by atoms with Crippen molar-refractivity contribution in [3.63, 3.8) is 0 Å². The van der Waals surface area contributed by atoms with Crippen LogP contribution in [0.4, 0.5) is 5.69 Å². The van der Waals surface area contributed by atoms with Crippen LogP contribution in [0.2, 0.25) is 0 Å². The molecule has 8 heteroatoms. The summed E-state index contributed by atoms with van der Waals surface area (Å²) in [5.41, 5.74) is 0.506. The molecular weight excluding hydrogens is 320 g/mol. The number of piperidine rings is 1. The topological polar surface area (TPSA) is 92.2 Å². The number of hydrogen-bond donors (Lipinski definition) is 0. The van der Waals surface area contributed by atoms with E-state index in [0.29, 0.717) is 31.0 Å². The molecule has 0 aromatic carbocycles. The molecule has 1 spiro atoms. The molecule has 0 aliphatic carbocycles. The lowest BCUT2D eigenvalue weighted by molar-refractivity contribution is -0.127. The number of amides is 2. The molecule has 4 heterocycles. The van der Waals surface area contributed by atoms with Gasteiger partial charge in [-0.2, -0.15) is 0 Å². The van der Waals surface area contributed by atoms with Gasteiger partial charge in [0.1, 0.15) is 12.0 Å². The minimum atomic E-state index is -0.522. The summed E-state index contributed by atoms with van der Waals surface area (Å²) in [6.45, 7) is 1.68. The van der Waals surface area contributed by atoms with Crippen molar-refractivity contribution in [1.82, 2.24) is 24.8 Å². The lowest BCUT2D eigenvalue weighted by Crippen LogP contribution is -2.50. The summed E-state index contributed by atoms with van der Waals surface area (Å²) >= 11 is 0. The van der Waals surface area contributed by atoms with E-state index in [-0.39, 0.29) is 11.8 Å². The maximum absolute atomic E-state index is 13.1. The van der Waals surface area contributed by atoms with Gasteiger partial charge in [0.2, 0.25) is 5.91 Å². The first-order chi connectivity index (χ1) is 12.2. The minimum Gasteiger partial charge on any atom is -0.336 e. The Hall–Kier alpha value is -2.90. The molecule has 2 aliphatic heterocycles. The first-order valence-electron chi connectivity index (χ1n) is 8.32. The van der Waals surface area contributed by atoms with E-state index in [2.05, 4.69) is 19.9 Å². The zero-order chi connectivity index (χ0) is 17.3. The average Bonchev–Trinajstić information content (AvgIpc) is 2.98. The van der Waals surface area contributed by atoms with Crippen LogP contribution < -0.4 is 4.90 Å². The summed E-state index contributed by atoms with van der Waals surface area (Å²) in [7, 11) is 0. The van der Waals surface area contributed by atoms with Crippen LogP contribution in [0.1, 0.15) is 29.8 Å². The SMILES string of the molecule is O=C(c1cnccn1)N1CCC[C@]2(CCN(c3cncnc3)C2=O)C1. The van der Waals surface area contributed by atoms with Crippen molar-refractivity contribution in [2.24, 2.45) is 5.41 Å². The van der Waals surface area contributed by atoms with E-state index in [1.165, 1.54) is 24.9 Å². The van der Waals surface area contributed by atoms with Crippen LogP contribution in [0.5, 0.6) is 0 Å². The number of aromatic nitrogens is 4. The van der Waals surface area contributed by atoms with Gasteiger partial charge in [-0.3, -0.25) is 14.6 Å². The first kappa shape index (κ1) is 15.6. The molecule has 2 amide bonds. The molecule has 0 bridgehead atoms. The van der Waals surface area contributed by atoms with Crippen molar-refractivity contribution >= 4 is 17.5 Å². The molecule has 4 rings (SSSR count). The Balaban J connectivity index is 1.55. The molecule has 2 aromatic rings. The van der Waals surface area contributed by atoms with Gasteiger partial charge in [0.25, 0.3) is 5.91 Å². The molecule has 25 heavy (non-hydrogen) atoms. The van der Waals surface area contributed by atoms with Gasteiger partial charge in [-0.1, -0.05) is 0 Å². The van der Waals surface area contributed by atoms with Crippen molar-refractivity contribution < 1.29 is 9.59 Å². The second kappa shape index (κ2) is 6.19. The zero-order valence-electron chi connectivity index (χ0n) is 13.7. The van der Waals surface area contributed by atoms with Crippen molar-refractivity contribution in [1.29, 1.82) is 0 Å². The number of carbonyl (C=O) groups is 2. The van der Waals surface area contributed by atoms with Gasteiger partial charge >= 0.3 is 0 Å². The lowest BCUT2D eigenvalue weighted by Gasteiger charge is -2.38. The van der Waals surface area contributed by atoms with Crippen LogP contribution in [0.15, 0.2) is 37.3 Å². The highest BCUT2D eigenvalue weighted by molar-refractivity contribution is 6.00. The normalized spacial score (nSPS) is 23.3. The molecule has 0 saturated carbocycles. The molecule has 2 saturated heterocycles. The fraction of sp³-hybridized carbons (Fsp3) is 0.412. The van der Waals surface area contributed by atoms with Gasteiger partial charge in [-0.15, -0.1) is 0 Å². The van der Waals surface area contributed by atoms with Crippen molar-refractivity contribution in [3.05, 3.63) is 43.0 Å². The lowest BCUT2D eigenvalue weighted by atomic mass is 9.78. The monoisotopic (exact) mass is 338 g/mol. The Bertz CT molecular complexity index is 784. The zero-order valence-corrected chi connectivity index (χ0v) is 13.7. The summed E-state index contributed by atoms with van der Waals surface area (Å²) in [6, 6.07) is 0. The van der Waals surface area contributed by atoms with Gasteiger partial charge in [0, 0.05) is 32.0 Å². The summed E-state index contributed by atoms with van der Waals surface area (Å²) < 4.78 is 0. The molecule has 8 nitrogen and oxygen atoms in total. The van der Waals surface area contributed by atoms with Crippen LogP contribution >= 0.6 is 0 Å². The van der Waals surface area contributed by atoms with Crippen molar-refractivity contribution in [3.8, 4) is 0 Å². The Morgan fingerprint density at radius 2 is 1.88 bits per heavy atom. The van der Waals surface area contributed by atoms with Crippen molar-refractivity contribution in [2.45, 2.75) is 19.3 Å². The summed E-state index contributed by atoms with van der Waals surface area (Å²) in [6.07, 6.45) is 11.6. The summed E-state index contributed by atoms with van der Waals surface area (Å²) in [5.74, 6) is -0.111. The number of likely N-dealkylation sites (tertiary alicyclic amines) is 1. The minimum absolute atomic E-state index is 0.0546. The smallest absolute Gasteiger partial charge is 0.274 e. The Morgan fingerprint density at radius 3 is 2.64 bits per heavy atom. The van der Waals surface area contributed by atoms with E-state index < -0.39 is 5.41 Å². The maximum atomic E-state index is 13.1. The highest BCUT2D eigenvalue weighted by atomic mass is 16.2. The number of hydrogen-bond acceptors (Lipinski definition) is 6. The van der Waals surface area contributed by atoms with E-state index in [1.807, 2.05) is 0 Å². The Kier molecular flexibility index (Phi) is 3.87. The van der Waals surface area contributed by atoms with E-state index in [1.54, 1.807) is 22.2 Å². The highest BCUT2D eigenvalue weighted by Gasteiger charge is 2.50. The molecular formula is C17H18N6O2. The fourth-order valence-corrected chi connectivity index (χ4v) is 3.75. The van der Waals surface area contributed by atoms with Gasteiger partial charge in [0.05, 0.1) is 29.7 Å². The standard InChI is InChI=1S/C17H18N6O2/c24-15(14-10-18-4-5-21-14)22-6-1-2-17(11-22)3-7-23(16(17)25)13-8-19-12-20-9-13/h4-5,8-10,12H,1-3,6-7,11H2/t17-/m0/s1. The van der Waals surface area contributed by atoms with Crippen LogP contribution in [0.25, 0.3) is 0 Å². The van der Waals surface area contributed by atoms with E-state index in [0.717, 1.165) is 19.3 Å².